The Morgan fingerprint density at radius 2 is 1.54 bits per heavy atom. The van der Waals surface area contributed by atoms with Crippen molar-refractivity contribution >= 4 is 69.9 Å². The predicted molar refractivity (Wildman–Crippen MR) is 187 cm³/mol. The molecule has 0 aliphatic heterocycles. The van der Waals surface area contributed by atoms with Crippen molar-refractivity contribution in [3.8, 4) is 22.8 Å². The van der Waals surface area contributed by atoms with Gasteiger partial charge in [-0.1, -0.05) is 92.2 Å². The van der Waals surface area contributed by atoms with Crippen LogP contribution >= 0.6 is 11.3 Å². The molecule has 0 atom stereocenters. The van der Waals surface area contributed by atoms with Crippen LogP contribution in [0.15, 0.2) is 109 Å². The minimum Gasteiger partial charge on any atom is -0.497 e. The molecular formula is C40H27N3OPdS. The number of thiophene rings is 1. The van der Waals surface area contributed by atoms with E-state index in [0.717, 1.165) is 44.1 Å². The summed E-state index contributed by atoms with van der Waals surface area (Å²) in [5, 5.41) is 5.71. The molecule has 0 radical (unpaired) electrons. The maximum absolute atomic E-state index is 6.42. The zero-order valence-corrected chi connectivity index (χ0v) is 27.7. The van der Waals surface area contributed by atoms with Gasteiger partial charge in [0.05, 0.1) is 16.7 Å². The fourth-order valence-electron chi connectivity index (χ4n) is 6.42. The summed E-state index contributed by atoms with van der Waals surface area (Å²) in [5.41, 5.74) is 7.09. The molecule has 46 heavy (non-hydrogen) atoms. The second-order valence-corrected chi connectivity index (χ2v) is 13.6. The van der Waals surface area contributed by atoms with Crippen molar-refractivity contribution in [2.75, 3.05) is 0 Å². The topological polar surface area (TPSA) is 39.4 Å². The third kappa shape index (κ3) is 4.52. The average molecular weight is 704 g/mol. The summed E-state index contributed by atoms with van der Waals surface area (Å²) in [6, 6.07) is 42.8. The third-order valence-electron chi connectivity index (χ3n) is 8.62. The number of para-hydroxylation sites is 2. The minimum atomic E-state index is 0. The Bertz CT molecular complexity index is 2630. The molecule has 0 aliphatic carbocycles. The molecule has 0 fully saturated rings. The molecule has 4 aromatic heterocycles. The number of rotatable bonds is 3. The molecule has 5 aromatic carbocycles. The fraction of sp³-hybridized carbons (Fsp3) is 0.100. The number of imidazole rings is 1. The largest absolute Gasteiger partial charge is 2.00 e. The average Bonchev–Trinajstić information content (AvgIpc) is 3.64. The Hall–Kier alpha value is -4.60. The van der Waals surface area contributed by atoms with Gasteiger partial charge in [-0.15, -0.1) is 41.2 Å². The van der Waals surface area contributed by atoms with Gasteiger partial charge in [-0.3, -0.25) is 4.98 Å². The van der Waals surface area contributed by atoms with Crippen molar-refractivity contribution in [3.63, 3.8) is 0 Å². The number of hydrogen-bond acceptors (Lipinski definition) is 4. The van der Waals surface area contributed by atoms with E-state index in [9.17, 15) is 0 Å². The first kappa shape index (κ1) is 28.8. The Morgan fingerprint density at radius 3 is 2.43 bits per heavy atom. The summed E-state index contributed by atoms with van der Waals surface area (Å²) in [4.78, 5) is 9.79. The number of nitrogens with zero attached hydrogens (tertiary/aromatic N) is 3. The quantitative estimate of drug-likeness (QED) is 0.104. The molecule has 9 aromatic rings. The van der Waals surface area contributed by atoms with Gasteiger partial charge in [0, 0.05) is 43.4 Å². The van der Waals surface area contributed by atoms with E-state index in [1.54, 1.807) is 0 Å². The second-order valence-electron chi connectivity index (χ2n) is 12.5. The van der Waals surface area contributed by atoms with E-state index in [0.29, 0.717) is 11.5 Å². The first-order chi connectivity index (χ1) is 21.9. The first-order valence-electron chi connectivity index (χ1n) is 15.1. The number of pyridine rings is 2. The number of fused-ring (bicyclic) bond motifs is 12. The van der Waals surface area contributed by atoms with Crippen LogP contribution < -0.4 is 4.74 Å². The summed E-state index contributed by atoms with van der Waals surface area (Å²) < 4.78 is 11.3. The monoisotopic (exact) mass is 703 g/mol. The molecule has 4 heterocycles. The van der Waals surface area contributed by atoms with E-state index in [4.69, 9.17) is 9.72 Å². The van der Waals surface area contributed by atoms with Crippen LogP contribution in [0.1, 0.15) is 26.3 Å². The Labute approximate surface area is 284 Å². The summed E-state index contributed by atoms with van der Waals surface area (Å²) >= 11 is 1.83. The molecule has 4 nitrogen and oxygen atoms in total. The van der Waals surface area contributed by atoms with E-state index < -0.39 is 0 Å². The number of aromatic nitrogens is 3. The first-order valence-corrected chi connectivity index (χ1v) is 15.9. The van der Waals surface area contributed by atoms with Gasteiger partial charge in [0.2, 0.25) is 0 Å². The molecule has 0 saturated carbocycles. The maximum atomic E-state index is 6.42. The van der Waals surface area contributed by atoms with Crippen LogP contribution in [-0.4, -0.2) is 14.4 Å². The van der Waals surface area contributed by atoms with Crippen molar-refractivity contribution in [2.45, 2.75) is 26.2 Å². The summed E-state index contributed by atoms with van der Waals surface area (Å²) in [5.74, 6) is 1.23. The molecule has 0 aliphatic rings. The predicted octanol–water partition coefficient (Wildman–Crippen LogP) is 10.9. The molecule has 0 amide bonds. The van der Waals surface area contributed by atoms with Gasteiger partial charge in [0.15, 0.2) is 0 Å². The molecule has 0 saturated heterocycles. The van der Waals surface area contributed by atoms with E-state index in [1.165, 1.54) is 31.3 Å². The maximum Gasteiger partial charge on any atom is 2.00 e. The molecule has 6 heteroatoms. The van der Waals surface area contributed by atoms with E-state index >= 15 is 0 Å². The SMILES string of the molecule is CC(C)(C)c1ccnc(-c2[c-]c(Oc3[c-]c4c(cc3)c3ccc5sc6ccccc6c5c3n3c5ccccc5nc43)ccc2)c1.[Pd+2]. The summed E-state index contributed by atoms with van der Waals surface area (Å²) in [6.07, 6.45) is 1.87. The van der Waals surface area contributed by atoms with Gasteiger partial charge in [0.25, 0.3) is 0 Å². The minimum absolute atomic E-state index is 0. The zero-order chi connectivity index (χ0) is 30.3. The van der Waals surface area contributed by atoms with Crippen LogP contribution in [0.2, 0.25) is 0 Å². The van der Waals surface area contributed by atoms with Crippen molar-refractivity contribution in [1.82, 2.24) is 14.4 Å². The second kappa shape index (κ2) is 10.7. The number of hydrogen-bond donors (Lipinski definition) is 0. The molecule has 224 valence electrons. The standard InChI is InChI=1S/C40H27N3OS.Pd/c1-40(2,3)25-19-20-41-33(22-25)24-9-8-10-26(21-24)44-27-15-16-28-29-17-18-36-37(30-11-4-7-14-35(30)45-36)38(29)43-34-13-6-5-12-32(34)42-39(43)31(28)23-27;/h4-20,22H,1-3H3;/q-2;+2. The van der Waals surface area contributed by atoms with Crippen LogP contribution in [-0.2, 0) is 25.8 Å². The van der Waals surface area contributed by atoms with E-state index in [2.05, 4.69) is 115 Å². The van der Waals surface area contributed by atoms with Crippen LogP contribution in [0.5, 0.6) is 11.5 Å². The third-order valence-corrected chi connectivity index (χ3v) is 9.76. The van der Waals surface area contributed by atoms with Gasteiger partial charge in [0.1, 0.15) is 0 Å². The van der Waals surface area contributed by atoms with E-state index in [1.807, 2.05) is 47.9 Å². The van der Waals surface area contributed by atoms with Gasteiger partial charge < -0.3 is 14.1 Å². The van der Waals surface area contributed by atoms with Crippen molar-refractivity contribution in [3.05, 3.63) is 127 Å². The molecule has 0 bridgehead atoms. The molecular weight excluding hydrogens is 677 g/mol. The summed E-state index contributed by atoms with van der Waals surface area (Å²) in [7, 11) is 0. The molecule has 0 spiro atoms. The van der Waals surface area contributed by atoms with Gasteiger partial charge >= 0.3 is 20.4 Å². The molecule has 0 N–H and O–H groups in total. The normalized spacial score (nSPS) is 12.1. The van der Waals surface area contributed by atoms with Crippen LogP contribution in [0.4, 0.5) is 0 Å². The zero-order valence-electron chi connectivity index (χ0n) is 25.4. The van der Waals surface area contributed by atoms with Crippen LogP contribution in [0.25, 0.3) is 69.8 Å². The van der Waals surface area contributed by atoms with Gasteiger partial charge in [-0.2, -0.15) is 0 Å². The van der Waals surface area contributed by atoms with Crippen LogP contribution in [0, 0.1) is 12.1 Å². The van der Waals surface area contributed by atoms with Crippen molar-refractivity contribution in [1.29, 1.82) is 0 Å². The molecule has 0 unspecified atom stereocenters. The van der Waals surface area contributed by atoms with Crippen molar-refractivity contribution in [2.24, 2.45) is 0 Å². The smallest absolute Gasteiger partial charge is 0.497 e. The number of ether oxygens (including phenoxy) is 1. The summed E-state index contributed by atoms with van der Waals surface area (Å²) in [6.45, 7) is 6.62. The molecule has 9 rings (SSSR count). The van der Waals surface area contributed by atoms with Crippen molar-refractivity contribution < 1.29 is 25.2 Å². The fourth-order valence-corrected chi connectivity index (χ4v) is 7.53. The Morgan fingerprint density at radius 1 is 0.739 bits per heavy atom. The Balaban J connectivity index is 0.00000312. The van der Waals surface area contributed by atoms with Crippen LogP contribution in [0.3, 0.4) is 0 Å². The Kier molecular flexibility index (Phi) is 6.74. The van der Waals surface area contributed by atoms with Gasteiger partial charge in [-0.25, -0.2) is 0 Å². The number of benzene rings is 5. The van der Waals surface area contributed by atoms with E-state index in [-0.39, 0.29) is 25.8 Å². The van der Waals surface area contributed by atoms with Gasteiger partial charge in [-0.05, 0) is 52.4 Å².